The van der Waals surface area contributed by atoms with Gasteiger partial charge in [0.05, 0.1) is 5.75 Å². The van der Waals surface area contributed by atoms with Crippen LogP contribution in [0.4, 0.5) is 22.1 Å². The van der Waals surface area contributed by atoms with Crippen molar-refractivity contribution in [2.45, 2.75) is 19.3 Å². The highest BCUT2D eigenvalue weighted by atomic mass is 32.2. The minimum Gasteiger partial charge on any atom is -0.465 e. The summed E-state index contributed by atoms with van der Waals surface area (Å²) in [6.45, 7) is 1.95. The number of sulfone groups is 1. The first-order chi connectivity index (χ1) is 14.7. The number of nitrogens with one attached hydrogen (secondary N) is 1. The molecule has 0 unspecified atom stereocenters. The van der Waals surface area contributed by atoms with Crippen LogP contribution < -0.4 is 10.2 Å². The number of benzene rings is 1. The van der Waals surface area contributed by atoms with Crippen LogP contribution in [0.15, 0.2) is 36.7 Å². The molecule has 1 fully saturated rings. The molecule has 1 aliphatic heterocycles. The molecule has 3 rings (SSSR count). The van der Waals surface area contributed by atoms with E-state index in [0.29, 0.717) is 31.2 Å². The summed E-state index contributed by atoms with van der Waals surface area (Å²) in [5.74, 6) is 2.02. The summed E-state index contributed by atoms with van der Waals surface area (Å²) in [4.78, 5) is 23.2. The molecule has 0 atom stereocenters. The molecule has 0 bridgehead atoms. The Kier molecular flexibility index (Phi) is 7.32. The summed E-state index contributed by atoms with van der Waals surface area (Å²) in [5.41, 5.74) is 1.82. The Morgan fingerprint density at radius 3 is 2.52 bits per heavy atom. The Hall–Kier alpha value is -2.88. The fourth-order valence-electron chi connectivity index (χ4n) is 3.62. The highest BCUT2D eigenvalue weighted by molar-refractivity contribution is 7.90. The second-order valence-electron chi connectivity index (χ2n) is 8.06. The molecule has 1 aromatic heterocycles. The molecular weight excluding hydrogens is 418 g/mol. The molecule has 1 saturated heterocycles. The molecule has 0 radical (unpaired) electrons. The van der Waals surface area contributed by atoms with Gasteiger partial charge in [-0.1, -0.05) is 12.1 Å². The highest BCUT2D eigenvalue weighted by Crippen LogP contribution is 2.22. The van der Waals surface area contributed by atoms with Crippen molar-refractivity contribution >= 4 is 33.3 Å². The van der Waals surface area contributed by atoms with Crippen molar-refractivity contribution in [1.82, 2.24) is 14.9 Å². The number of hydrogen-bond donors (Lipinski definition) is 2. The van der Waals surface area contributed by atoms with Crippen LogP contribution in [-0.2, 0) is 16.3 Å². The zero-order valence-electron chi connectivity index (χ0n) is 17.9. The van der Waals surface area contributed by atoms with E-state index in [0.717, 1.165) is 36.5 Å². The SMILES string of the molecule is CN(CC1CCN(C(=O)O)CC1)c1cc(Nc2ccc(CCS(C)(=O)=O)cc2)ncn1. The molecule has 1 amide bonds. The molecule has 9 nitrogen and oxygen atoms in total. The molecule has 168 valence electrons. The predicted octanol–water partition coefficient (Wildman–Crippen LogP) is 2.63. The molecule has 0 aliphatic carbocycles. The number of nitrogens with zero attached hydrogens (tertiary/aromatic N) is 4. The number of aromatic nitrogens is 2. The smallest absolute Gasteiger partial charge is 0.407 e. The summed E-state index contributed by atoms with van der Waals surface area (Å²) >= 11 is 0. The Bertz CT molecular complexity index is 989. The molecule has 2 heterocycles. The van der Waals surface area contributed by atoms with E-state index in [2.05, 4.69) is 20.2 Å². The Balaban J connectivity index is 1.55. The summed E-state index contributed by atoms with van der Waals surface area (Å²) < 4.78 is 22.6. The maximum atomic E-state index is 11.3. The van der Waals surface area contributed by atoms with Crippen molar-refractivity contribution in [2.24, 2.45) is 5.92 Å². The van der Waals surface area contributed by atoms with Crippen LogP contribution in [0.2, 0.25) is 0 Å². The summed E-state index contributed by atoms with van der Waals surface area (Å²) in [5, 5.41) is 12.3. The van der Waals surface area contributed by atoms with Crippen LogP contribution in [0.1, 0.15) is 18.4 Å². The van der Waals surface area contributed by atoms with E-state index in [1.165, 1.54) is 17.5 Å². The average Bonchev–Trinajstić information content (AvgIpc) is 2.73. The van der Waals surface area contributed by atoms with Gasteiger partial charge in [0.15, 0.2) is 0 Å². The van der Waals surface area contributed by atoms with Crippen LogP contribution in [0.5, 0.6) is 0 Å². The quantitative estimate of drug-likeness (QED) is 0.634. The van der Waals surface area contributed by atoms with Crippen molar-refractivity contribution in [2.75, 3.05) is 48.9 Å². The van der Waals surface area contributed by atoms with E-state index in [1.807, 2.05) is 37.4 Å². The standard InChI is InChI=1S/C21H29N5O4S/c1-25(14-17-7-10-26(11-8-17)21(27)28)20-13-19(22-15-23-20)24-18-5-3-16(4-6-18)9-12-31(2,29)30/h3-6,13,15,17H,7-12,14H2,1-2H3,(H,27,28)(H,22,23,24). The van der Waals surface area contributed by atoms with E-state index in [4.69, 9.17) is 5.11 Å². The van der Waals surface area contributed by atoms with Gasteiger partial charge in [0.25, 0.3) is 0 Å². The second-order valence-corrected chi connectivity index (χ2v) is 10.3. The van der Waals surface area contributed by atoms with E-state index >= 15 is 0 Å². The number of hydrogen-bond acceptors (Lipinski definition) is 7. The van der Waals surface area contributed by atoms with E-state index < -0.39 is 15.9 Å². The lowest BCUT2D eigenvalue weighted by Gasteiger charge is -2.32. The summed E-state index contributed by atoms with van der Waals surface area (Å²) in [6.07, 6.45) is 4.10. The molecular formula is C21H29N5O4S. The van der Waals surface area contributed by atoms with Crippen molar-refractivity contribution < 1.29 is 18.3 Å². The van der Waals surface area contributed by atoms with Crippen molar-refractivity contribution in [3.8, 4) is 0 Å². The molecule has 2 N–H and O–H groups in total. The third-order valence-electron chi connectivity index (χ3n) is 5.45. The minimum absolute atomic E-state index is 0.136. The maximum Gasteiger partial charge on any atom is 0.407 e. The number of piperidine rings is 1. The number of amides is 1. The minimum atomic E-state index is -2.98. The maximum absolute atomic E-state index is 11.3. The molecule has 1 aliphatic rings. The van der Waals surface area contributed by atoms with Crippen LogP contribution in [0.25, 0.3) is 0 Å². The Labute approximate surface area is 183 Å². The number of rotatable bonds is 8. The number of anilines is 3. The lowest BCUT2D eigenvalue weighted by Crippen LogP contribution is -2.40. The molecule has 31 heavy (non-hydrogen) atoms. The van der Waals surface area contributed by atoms with Crippen molar-refractivity contribution in [3.05, 3.63) is 42.2 Å². The van der Waals surface area contributed by atoms with Gasteiger partial charge >= 0.3 is 6.09 Å². The largest absolute Gasteiger partial charge is 0.465 e. The van der Waals surface area contributed by atoms with Crippen LogP contribution in [-0.4, -0.2) is 73.2 Å². The van der Waals surface area contributed by atoms with Gasteiger partial charge in [-0.15, -0.1) is 0 Å². The first-order valence-corrected chi connectivity index (χ1v) is 12.3. The van der Waals surface area contributed by atoms with Crippen LogP contribution in [0.3, 0.4) is 0 Å². The average molecular weight is 448 g/mol. The lowest BCUT2D eigenvalue weighted by atomic mass is 9.96. The fourth-order valence-corrected chi connectivity index (χ4v) is 4.22. The third kappa shape index (κ3) is 7.09. The van der Waals surface area contributed by atoms with E-state index in [-0.39, 0.29) is 5.75 Å². The summed E-state index contributed by atoms with van der Waals surface area (Å²) in [7, 11) is -0.999. The number of likely N-dealkylation sites (tertiary alicyclic amines) is 1. The summed E-state index contributed by atoms with van der Waals surface area (Å²) in [6, 6.07) is 9.50. The lowest BCUT2D eigenvalue weighted by molar-refractivity contribution is 0.125. The van der Waals surface area contributed by atoms with Gasteiger partial charge in [-0.05, 0) is 42.9 Å². The van der Waals surface area contributed by atoms with Gasteiger partial charge in [-0.2, -0.15) is 0 Å². The van der Waals surface area contributed by atoms with Crippen molar-refractivity contribution in [1.29, 1.82) is 0 Å². The number of carbonyl (C=O) groups is 1. The van der Waals surface area contributed by atoms with Gasteiger partial charge in [0.2, 0.25) is 0 Å². The predicted molar refractivity (Wildman–Crippen MR) is 121 cm³/mol. The molecule has 2 aromatic rings. The number of aryl methyl sites for hydroxylation is 1. The van der Waals surface area contributed by atoms with Crippen LogP contribution in [0, 0.1) is 5.92 Å². The monoisotopic (exact) mass is 447 g/mol. The fraction of sp³-hybridized carbons (Fsp3) is 0.476. The Morgan fingerprint density at radius 1 is 1.23 bits per heavy atom. The van der Waals surface area contributed by atoms with Gasteiger partial charge in [0, 0.05) is 44.7 Å². The van der Waals surface area contributed by atoms with Crippen LogP contribution >= 0.6 is 0 Å². The van der Waals surface area contributed by atoms with E-state index in [1.54, 1.807) is 0 Å². The zero-order chi connectivity index (χ0) is 22.4. The molecule has 0 saturated carbocycles. The molecule has 1 aromatic carbocycles. The van der Waals surface area contributed by atoms with Gasteiger partial charge in [-0.3, -0.25) is 0 Å². The third-order valence-corrected chi connectivity index (χ3v) is 6.39. The zero-order valence-corrected chi connectivity index (χ0v) is 18.7. The first-order valence-electron chi connectivity index (χ1n) is 10.2. The first kappa shape index (κ1) is 22.8. The number of carboxylic acid groups (broad SMARTS) is 1. The second kappa shape index (κ2) is 9.95. The van der Waals surface area contributed by atoms with Crippen molar-refractivity contribution in [3.63, 3.8) is 0 Å². The van der Waals surface area contributed by atoms with Gasteiger partial charge in [-0.25, -0.2) is 23.2 Å². The normalized spacial score (nSPS) is 15.0. The highest BCUT2D eigenvalue weighted by Gasteiger charge is 2.23. The topological polar surface area (TPSA) is 116 Å². The Morgan fingerprint density at radius 2 is 1.90 bits per heavy atom. The van der Waals surface area contributed by atoms with E-state index in [9.17, 15) is 13.2 Å². The van der Waals surface area contributed by atoms with Gasteiger partial charge < -0.3 is 20.2 Å². The molecule has 0 spiro atoms. The van der Waals surface area contributed by atoms with Gasteiger partial charge in [0.1, 0.15) is 27.8 Å². The molecule has 10 heteroatoms.